The van der Waals surface area contributed by atoms with Crippen molar-refractivity contribution in [2.24, 2.45) is 0 Å². The maximum atomic E-state index is 12.7. The summed E-state index contributed by atoms with van der Waals surface area (Å²) < 4.78 is 1.11. The minimum Gasteiger partial charge on any atom is -0.333 e. The molecule has 2 aromatic heterocycles. The first-order valence-corrected chi connectivity index (χ1v) is 8.28. The zero-order valence-electron chi connectivity index (χ0n) is 12.7. The largest absolute Gasteiger partial charge is 0.333 e. The molecule has 0 amide bonds. The number of anilines is 2. The lowest BCUT2D eigenvalue weighted by molar-refractivity contribution is 0.318. The molecular formula is C16H17N5OS. The van der Waals surface area contributed by atoms with Crippen LogP contribution in [0.1, 0.15) is 10.4 Å². The summed E-state index contributed by atoms with van der Waals surface area (Å²) in [6.07, 6.45) is 0.869. The van der Waals surface area contributed by atoms with E-state index < -0.39 is 0 Å². The second-order valence-electron chi connectivity index (χ2n) is 5.77. The van der Waals surface area contributed by atoms with Crippen LogP contribution in [0, 0.1) is 0 Å². The molecule has 4 rings (SSSR count). The lowest BCUT2D eigenvalue weighted by Gasteiger charge is -2.21. The van der Waals surface area contributed by atoms with Crippen LogP contribution in [0.3, 0.4) is 0 Å². The molecule has 3 N–H and O–H groups in total. The number of nitrogens with one attached hydrogen (secondary N) is 1. The topological polar surface area (TPSA) is 76.2 Å². The molecule has 1 aromatic carbocycles. The molecule has 0 aliphatic carbocycles. The summed E-state index contributed by atoms with van der Waals surface area (Å²) in [5, 5.41) is 3.80. The molecule has 0 spiro atoms. The van der Waals surface area contributed by atoms with Crippen molar-refractivity contribution in [2.45, 2.75) is 13.0 Å². The molecule has 0 bridgehead atoms. The van der Waals surface area contributed by atoms with E-state index in [9.17, 15) is 4.79 Å². The Balaban J connectivity index is 1.85. The van der Waals surface area contributed by atoms with Gasteiger partial charge in [-0.05, 0) is 31.2 Å². The van der Waals surface area contributed by atoms with E-state index in [1.807, 2.05) is 30.3 Å². The summed E-state index contributed by atoms with van der Waals surface area (Å²) in [6.45, 7) is 1.81. The van der Waals surface area contributed by atoms with Gasteiger partial charge in [-0.3, -0.25) is 4.79 Å². The first kappa shape index (κ1) is 14.2. The second-order valence-corrected chi connectivity index (χ2v) is 6.86. The molecule has 3 heterocycles. The highest BCUT2D eigenvalue weighted by molar-refractivity contribution is 7.18. The van der Waals surface area contributed by atoms with Crippen molar-refractivity contribution < 1.29 is 0 Å². The van der Waals surface area contributed by atoms with E-state index in [2.05, 4.69) is 22.2 Å². The number of rotatable bonds is 2. The summed E-state index contributed by atoms with van der Waals surface area (Å²) in [5.41, 5.74) is 1.78. The third-order valence-electron chi connectivity index (χ3n) is 4.13. The molecule has 0 saturated carbocycles. The van der Waals surface area contributed by atoms with Crippen LogP contribution in [-0.4, -0.2) is 28.2 Å². The molecule has 0 unspecified atom stereocenters. The van der Waals surface area contributed by atoms with E-state index in [0.717, 1.165) is 40.3 Å². The highest BCUT2D eigenvalue weighted by Gasteiger charge is 2.23. The molecule has 0 atom stereocenters. The zero-order chi connectivity index (χ0) is 16.0. The Morgan fingerprint density at radius 1 is 1.30 bits per heavy atom. The van der Waals surface area contributed by atoms with Crippen LogP contribution >= 0.6 is 11.3 Å². The first-order valence-electron chi connectivity index (χ1n) is 7.46. The van der Waals surface area contributed by atoms with E-state index in [4.69, 9.17) is 5.84 Å². The normalized spacial score (nSPS) is 14.8. The van der Waals surface area contributed by atoms with E-state index in [1.165, 1.54) is 4.88 Å². The number of hydrogen-bond acceptors (Lipinski definition) is 6. The number of likely N-dealkylation sites (N-methyl/N-ethyl adjacent to an activating group) is 1. The third-order valence-corrected chi connectivity index (χ3v) is 5.24. The Kier molecular flexibility index (Phi) is 3.32. The van der Waals surface area contributed by atoms with Crippen LogP contribution in [0.4, 0.5) is 11.6 Å². The number of para-hydroxylation sites is 1. The van der Waals surface area contributed by atoms with Crippen LogP contribution in [0.15, 0.2) is 35.1 Å². The molecule has 1 aliphatic heterocycles. The van der Waals surface area contributed by atoms with Crippen LogP contribution in [0.2, 0.25) is 0 Å². The number of aromatic nitrogens is 2. The van der Waals surface area contributed by atoms with E-state index in [0.29, 0.717) is 11.3 Å². The molecular weight excluding hydrogens is 310 g/mol. The Hall–Kier alpha value is -2.38. The lowest BCUT2D eigenvalue weighted by Crippen LogP contribution is -2.31. The fourth-order valence-electron chi connectivity index (χ4n) is 2.92. The number of nitrogen functional groups attached to an aromatic ring is 1. The van der Waals surface area contributed by atoms with Crippen LogP contribution in [0.5, 0.6) is 0 Å². The molecule has 0 fully saturated rings. The average molecular weight is 327 g/mol. The minimum atomic E-state index is -0.185. The Labute approximate surface area is 137 Å². The molecule has 118 valence electrons. The fraction of sp³-hybridized carbons (Fsp3) is 0.250. The summed E-state index contributed by atoms with van der Waals surface area (Å²) in [5.74, 6) is 6.35. The van der Waals surface area contributed by atoms with Crippen molar-refractivity contribution in [2.75, 3.05) is 24.8 Å². The van der Waals surface area contributed by atoms with Crippen molar-refractivity contribution in [3.63, 3.8) is 0 Å². The van der Waals surface area contributed by atoms with Gasteiger partial charge in [-0.1, -0.05) is 18.2 Å². The van der Waals surface area contributed by atoms with Gasteiger partial charge in [-0.2, -0.15) is 4.68 Å². The summed E-state index contributed by atoms with van der Waals surface area (Å²) in [4.78, 5) is 21.5. The summed E-state index contributed by atoms with van der Waals surface area (Å²) >= 11 is 1.59. The molecule has 1 aliphatic rings. The Morgan fingerprint density at radius 3 is 2.87 bits per heavy atom. The van der Waals surface area contributed by atoms with Gasteiger partial charge in [0.2, 0.25) is 5.95 Å². The van der Waals surface area contributed by atoms with Crippen molar-refractivity contribution in [1.82, 2.24) is 14.6 Å². The van der Waals surface area contributed by atoms with Gasteiger partial charge >= 0.3 is 0 Å². The highest BCUT2D eigenvalue weighted by atomic mass is 32.1. The predicted octanol–water partition coefficient (Wildman–Crippen LogP) is 1.90. The van der Waals surface area contributed by atoms with Gasteiger partial charge in [0, 0.05) is 23.7 Å². The minimum absolute atomic E-state index is 0.185. The molecule has 7 heteroatoms. The molecule has 0 radical (unpaired) electrons. The highest BCUT2D eigenvalue weighted by Crippen LogP contribution is 2.32. The number of benzene rings is 1. The quantitative estimate of drug-likeness (QED) is 0.703. The SMILES string of the molecule is CN1CCc2c(sc3nc(Nc4ccccc4)n(N)c(=O)c23)C1. The van der Waals surface area contributed by atoms with Gasteiger partial charge in [0.15, 0.2) is 0 Å². The van der Waals surface area contributed by atoms with Crippen LogP contribution < -0.4 is 16.7 Å². The average Bonchev–Trinajstić information content (AvgIpc) is 2.90. The fourth-order valence-corrected chi connectivity index (χ4v) is 4.21. The van der Waals surface area contributed by atoms with Gasteiger partial charge in [-0.15, -0.1) is 11.3 Å². The molecule has 3 aromatic rings. The van der Waals surface area contributed by atoms with Crippen molar-refractivity contribution in [1.29, 1.82) is 0 Å². The standard InChI is InChI=1S/C16H17N5OS/c1-20-8-7-11-12(9-20)23-14-13(11)15(22)21(17)16(19-14)18-10-5-3-2-4-6-10/h2-6H,7-9,17H2,1H3,(H,18,19). The maximum Gasteiger partial charge on any atom is 0.282 e. The van der Waals surface area contributed by atoms with E-state index >= 15 is 0 Å². The first-order chi connectivity index (χ1) is 11.1. The van der Waals surface area contributed by atoms with E-state index in [-0.39, 0.29) is 5.56 Å². The van der Waals surface area contributed by atoms with Crippen molar-refractivity contribution >= 4 is 33.2 Å². The second kappa shape index (κ2) is 5.36. The Bertz CT molecular complexity index is 931. The number of fused-ring (bicyclic) bond motifs is 3. The lowest BCUT2D eigenvalue weighted by atomic mass is 10.1. The van der Waals surface area contributed by atoms with Crippen molar-refractivity contribution in [3.05, 3.63) is 51.1 Å². The van der Waals surface area contributed by atoms with Gasteiger partial charge < -0.3 is 16.1 Å². The Morgan fingerprint density at radius 2 is 2.09 bits per heavy atom. The number of hydrogen-bond donors (Lipinski definition) is 2. The molecule has 0 saturated heterocycles. The number of thiophene rings is 1. The molecule has 6 nitrogen and oxygen atoms in total. The summed E-state index contributed by atoms with van der Waals surface area (Å²) in [7, 11) is 2.09. The predicted molar refractivity (Wildman–Crippen MR) is 93.8 cm³/mol. The molecule has 23 heavy (non-hydrogen) atoms. The van der Waals surface area contributed by atoms with Crippen LogP contribution in [-0.2, 0) is 13.0 Å². The van der Waals surface area contributed by atoms with Gasteiger partial charge in [0.25, 0.3) is 5.56 Å². The third kappa shape index (κ3) is 2.38. The van der Waals surface area contributed by atoms with Gasteiger partial charge in [0.1, 0.15) is 4.83 Å². The van der Waals surface area contributed by atoms with Crippen molar-refractivity contribution in [3.8, 4) is 0 Å². The summed E-state index contributed by atoms with van der Waals surface area (Å²) in [6, 6.07) is 9.58. The number of nitrogens with two attached hydrogens (primary N) is 1. The van der Waals surface area contributed by atoms with Gasteiger partial charge in [0.05, 0.1) is 5.39 Å². The van der Waals surface area contributed by atoms with E-state index in [1.54, 1.807) is 11.3 Å². The monoisotopic (exact) mass is 327 g/mol. The van der Waals surface area contributed by atoms with Gasteiger partial charge in [-0.25, -0.2) is 4.98 Å². The smallest absolute Gasteiger partial charge is 0.282 e. The number of nitrogens with zero attached hydrogens (tertiary/aromatic N) is 3. The maximum absolute atomic E-state index is 12.7. The van der Waals surface area contributed by atoms with Crippen LogP contribution in [0.25, 0.3) is 10.2 Å². The zero-order valence-corrected chi connectivity index (χ0v) is 13.6.